The second-order valence-electron chi connectivity index (χ2n) is 7.73. The average molecular weight is 409 g/mol. The SMILES string of the molecule is CNc1cc(F)ccc1C(=N)c1cnc2[nH]cc(C(=O)NC3(C)CCNCC3)c2n1. The first-order chi connectivity index (χ1) is 14.4. The minimum absolute atomic E-state index is 0.0895. The van der Waals surface area contributed by atoms with Crippen LogP contribution in [-0.4, -0.2) is 52.2 Å². The number of benzene rings is 1. The topological polar surface area (TPSA) is 119 Å². The number of piperidine rings is 1. The van der Waals surface area contributed by atoms with Gasteiger partial charge in [-0.05, 0) is 51.1 Å². The number of H-pyrrole nitrogens is 1. The summed E-state index contributed by atoms with van der Waals surface area (Å²) in [5.74, 6) is -0.616. The summed E-state index contributed by atoms with van der Waals surface area (Å²) in [4.78, 5) is 24.8. The van der Waals surface area contributed by atoms with Crippen molar-refractivity contribution in [2.24, 2.45) is 0 Å². The Bertz CT molecular complexity index is 1120. The molecule has 3 aromatic rings. The van der Waals surface area contributed by atoms with E-state index in [2.05, 4.69) is 30.9 Å². The zero-order chi connectivity index (χ0) is 21.3. The highest BCUT2D eigenvalue weighted by Gasteiger charge is 2.30. The van der Waals surface area contributed by atoms with Crippen molar-refractivity contribution in [3.05, 3.63) is 53.2 Å². The molecule has 1 aromatic carbocycles. The standard InChI is InChI=1S/C21H24FN7O/c1-21(5-7-25-8-6-21)29-20(30)14-10-26-19-18(14)28-16(11-27-19)17(23)13-4-3-12(22)9-15(13)24-2/h3-4,9-11,23-25H,5-8H2,1-2H3,(H,26,27)(H,29,30). The van der Waals surface area contributed by atoms with E-state index < -0.39 is 5.82 Å². The van der Waals surface area contributed by atoms with Crippen LogP contribution >= 0.6 is 0 Å². The number of nitrogens with zero attached hydrogens (tertiary/aromatic N) is 2. The van der Waals surface area contributed by atoms with Crippen LogP contribution in [0.25, 0.3) is 11.2 Å². The van der Waals surface area contributed by atoms with Crippen LogP contribution in [0, 0.1) is 11.2 Å². The van der Waals surface area contributed by atoms with Crippen molar-refractivity contribution < 1.29 is 9.18 Å². The van der Waals surface area contributed by atoms with E-state index in [0.29, 0.717) is 33.7 Å². The van der Waals surface area contributed by atoms with Gasteiger partial charge in [-0.1, -0.05) is 0 Å². The molecule has 1 aliphatic rings. The molecule has 0 aliphatic carbocycles. The molecule has 2 aromatic heterocycles. The number of aromatic nitrogens is 3. The van der Waals surface area contributed by atoms with E-state index in [9.17, 15) is 9.18 Å². The van der Waals surface area contributed by atoms with Gasteiger partial charge >= 0.3 is 0 Å². The second kappa shape index (κ2) is 7.83. The summed E-state index contributed by atoms with van der Waals surface area (Å²) in [6, 6.07) is 4.15. The van der Waals surface area contributed by atoms with E-state index in [4.69, 9.17) is 5.41 Å². The Morgan fingerprint density at radius 3 is 2.77 bits per heavy atom. The summed E-state index contributed by atoms with van der Waals surface area (Å²) in [5, 5.41) is 17.9. The van der Waals surface area contributed by atoms with Crippen molar-refractivity contribution in [1.29, 1.82) is 5.41 Å². The fourth-order valence-corrected chi connectivity index (χ4v) is 3.71. The Balaban J connectivity index is 1.66. The fourth-order valence-electron chi connectivity index (χ4n) is 3.71. The molecule has 0 spiro atoms. The monoisotopic (exact) mass is 409 g/mol. The number of anilines is 1. The maximum Gasteiger partial charge on any atom is 0.255 e. The first kappa shape index (κ1) is 20.0. The molecule has 0 atom stereocenters. The van der Waals surface area contributed by atoms with Crippen molar-refractivity contribution in [2.75, 3.05) is 25.5 Å². The molecule has 156 valence electrons. The summed E-state index contributed by atoms with van der Waals surface area (Å²) in [7, 11) is 1.66. The van der Waals surface area contributed by atoms with Crippen molar-refractivity contribution in [3.8, 4) is 0 Å². The molecule has 4 rings (SSSR count). The van der Waals surface area contributed by atoms with Crippen molar-refractivity contribution in [2.45, 2.75) is 25.3 Å². The van der Waals surface area contributed by atoms with Gasteiger partial charge in [0.05, 0.1) is 17.5 Å². The van der Waals surface area contributed by atoms with Gasteiger partial charge in [-0.15, -0.1) is 0 Å². The number of rotatable bonds is 5. The van der Waals surface area contributed by atoms with Gasteiger partial charge in [-0.3, -0.25) is 10.2 Å². The van der Waals surface area contributed by atoms with Gasteiger partial charge in [0.15, 0.2) is 5.65 Å². The van der Waals surface area contributed by atoms with Crippen LogP contribution in [-0.2, 0) is 0 Å². The largest absolute Gasteiger partial charge is 0.387 e. The molecule has 30 heavy (non-hydrogen) atoms. The molecule has 8 nitrogen and oxygen atoms in total. The summed E-state index contributed by atoms with van der Waals surface area (Å²) in [6.07, 6.45) is 4.76. The lowest BCUT2D eigenvalue weighted by atomic mass is 9.90. The lowest BCUT2D eigenvalue weighted by Gasteiger charge is -2.34. The van der Waals surface area contributed by atoms with Crippen molar-refractivity contribution >= 4 is 28.5 Å². The Morgan fingerprint density at radius 1 is 1.27 bits per heavy atom. The van der Waals surface area contributed by atoms with E-state index in [1.165, 1.54) is 24.4 Å². The Labute approximate surface area is 173 Å². The zero-order valence-electron chi connectivity index (χ0n) is 16.9. The first-order valence-electron chi connectivity index (χ1n) is 9.84. The molecular formula is C21H24FN7O. The molecule has 0 bridgehead atoms. The first-order valence-corrected chi connectivity index (χ1v) is 9.84. The van der Waals surface area contributed by atoms with Gasteiger partial charge < -0.3 is 20.9 Å². The molecule has 0 saturated carbocycles. The third-order valence-electron chi connectivity index (χ3n) is 5.52. The number of amides is 1. The second-order valence-corrected chi connectivity index (χ2v) is 7.73. The molecule has 1 amide bonds. The van der Waals surface area contributed by atoms with Crippen LogP contribution in [0.1, 0.15) is 41.4 Å². The lowest BCUT2D eigenvalue weighted by Crippen LogP contribution is -2.52. The van der Waals surface area contributed by atoms with E-state index in [1.54, 1.807) is 13.2 Å². The van der Waals surface area contributed by atoms with Gasteiger partial charge in [0.1, 0.15) is 17.0 Å². The third kappa shape index (κ3) is 3.76. The molecule has 0 radical (unpaired) electrons. The molecule has 1 aliphatic heterocycles. The number of carbonyl (C=O) groups excluding carboxylic acids is 1. The third-order valence-corrected chi connectivity index (χ3v) is 5.52. The summed E-state index contributed by atoms with van der Waals surface area (Å²) >= 11 is 0. The van der Waals surface area contributed by atoms with Crippen LogP contribution < -0.4 is 16.0 Å². The van der Waals surface area contributed by atoms with Crippen LogP contribution in [0.2, 0.25) is 0 Å². The summed E-state index contributed by atoms with van der Waals surface area (Å²) in [6.45, 7) is 3.76. The minimum atomic E-state index is -0.395. The summed E-state index contributed by atoms with van der Waals surface area (Å²) in [5.41, 5.74) is 2.35. The number of hydrogen-bond donors (Lipinski definition) is 5. The predicted octanol–water partition coefficient (Wildman–Crippen LogP) is 2.43. The molecule has 1 fully saturated rings. The van der Waals surface area contributed by atoms with Gasteiger partial charge in [0.2, 0.25) is 0 Å². The smallest absolute Gasteiger partial charge is 0.255 e. The molecule has 0 unspecified atom stereocenters. The number of aromatic amines is 1. The lowest BCUT2D eigenvalue weighted by molar-refractivity contribution is 0.0889. The van der Waals surface area contributed by atoms with E-state index in [-0.39, 0.29) is 17.2 Å². The number of nitrogens with one attached hydrogen (secondary N) is 5. The highest BCUT2D eigenvalue weighted by molar-refractivity contribution is 6.14. The van der Waals surface area contributed by atoms with Crippen LogP contribution in [0.15, 0.2) is 30.6 Å². The molecular weight excluding hydrogens is 385 g/mol. The number of carbonyl (C=O) groups is 1. The van der Waals surface area contributed by atoms with Gasteiger partial charge in [-0.2, -0.15) is 0 Å². The van der Waals surface area contributed by atoms with Gasteiger partial charge in [-0.25, -0.2) is 14.4 Å². The Kier molecular flexibility index (Phi) is 5.21. The Hall–Kier alpha value is -3.33. The highest BCUT2D eigenvalue weighted by atomic mass is 19.1. The maximum atomic E-state index is 13.5. The molecule has 1 saturated heterocycles. The van der Waals surface area contributed by atoms with Crippen LogP contribution in [0.3, 0.4) is 0 Å². The normalized spacial score (nSPS) is 15.7. The van der Waals surface area contributed by atoms with E-state index >= 15 is 0 Å². The van der Waals surface area contributed by atoms with Crippen LogP contribution in [0.4, 0.5) is 10.1 Å². The minimum Gasteiger partial charge on any atom is -0.387 e. The quantitative estimate of drug-likeness (QED) is 0.415. The van der Waals surface area contributed by atoms with Crippen molar-refractivity contribution in [3.63, 3.8) is 0 Å². The van der Waals surface area contributed by atoms with Crippen molar-refractivity contribution in [1.82, 2.24) is 25.6 Å². The van der Waals surface area contributed by atoms with E-state index in [0.717, 1.165) is 25.9 Å². The predicted molar refractivity (Wildman–Crippen MR) is 114 cm³/mol. The van der Waals surface area contributed by atoms with E-state index in [1.807, 2.05) is 6.92 Å². The van der Waals surface area contributed by atoms with Crippen LogP contribution in [0.5, 0.6) is 0 Å². The maximum absolute atomic E-state index is 13.5. The van der Waals surface area contributed by atoms with Gasteiger partial charge in [0, 0.05) is 30.0 Å². The summed E-state index contributed by atoms with van der Waals surface area (Å²) < 4.78 is 13.5. The van der Waals surface area contributed by atoms with Gasteiger partial charge in [0.25, 0.3) is 5.91 Å². The molecule has 5 N–H and O–H groups in total. The Morgan fingerprint density at radius 2 is 2.03 bits per heavy atom. The zero-order valence-corrected chi connectivity index (χ0v) is 16.9. The molecule has 3 heterocycles. The number of halogens is 1. The number of fused-ring (bicyclic) bond motifs is 1. The fraction of sp³-hybridized carbons (Fsp3) is 0.333. The highest BCUT2D eigenvalue weighted by Crippen LogP contribution is 2.23. The molecule has 9 heteroatoms. The average Bonchev–Trinajstić information content (AvgIpc) is 3.16. The number of hydrogen-bond acceptors (Lipinski definition) is 6.